The number of carbonyl (C=O) groups excluding carboxylic acids is 1. The summed E-state index contributed by atoms with van der Waals surface area (Å²) in [5.41, 5.74) is 7.47. The van der Waals surface area contributed by atoms with Crippen LogP contribution in [-0.4, -0.2) is 45.3 Å². The third-order valence-electron chi connectivity index (χ3n) is 3.60. The molecule has 1 rings (SSSR count). The topological polar surface area (TPSA) is 95.2 Å². The number of nitrogens with two attached hydrogens (primary N) is 1. The van der Waals surface area contributed by atoms with E-state index in [4.69, 9.17) is 5.73 Å². The Morgan fingerprint density at radius 1 is 1.40 bits per heavy atom. The lowest BCUT2D eigenvalue weighted by atomic mass is 10.1. The molecule has 1 aromatic heterocycles. The number of nitrogen functional groups attached to an aromatic ring is 1. The summed E-state index contributed by atoms with van der Waals surface area (Å²) < 4.78 is 0. The first-order chi connectivity index (χ1) is 9.47. The smallest absolute Gasteiger partial charge is 0.276 e. The van der Waals surface area contributed by atoms with Crippen LogP contribution in [0.5, 0.6) is 0 Å². The van der Waals surface area contributed by atoms with Crippen LogP contribution in [0.1, 0.15) is 62.6 Å². The molecule has 0 aromatic carbocycles. The van der Waals surface area contributed by atoms with Gasteiger partial charge in [0.25, 0.3) is 5.91 Å². The normalized spacial score (nSPS) is 11.3. The summed E-state index contributed by atoms with van der Waals surface area (Å²) in [7, 11) is 0. The molecule has 0 aliphatic carbocycles. The van der Waals surface area contributed by atoms with Gasteiger partial charge in [0.1, 0.15) is 0 Å². The molecule has 20 heavy (non-hydrogen) atoms. The fraction of sp³-hybridized carbons (Fsp3) is 0.714. The largest absolute Gasteiger partial charge is 0.395 e. The van der Waals surface area contributed by atoms with Gasteiger partial charge < -0.3 is 15.7 Å². The number of aliphatic hydroxyl groups is 1. The number of rotatable bonds is 7. The molecule has 1 aromatic rings. The van der Waals surface area contributed by atoms with E-state index >= 15 is 0 Å². The lowest BCUT2D eigenvalue weighted by Crippen LogP contribution is -2.42. The molecule has 0 aliphatic heterocycles. The Kier molecular flexibility index (Phi) is 6.01. The van der Waals surface area contributed by atoms with Crippen molar-refractivity contribution in [3.05, 3.63) is 11.4 Å². The number of nitrogens with one attached hydrogen (secondary N) is 1. The third-order valence-corrected chi connectivity index (χ3v) is 3.60. The zero-order valence-electron chi connectivity index (χ0n) is 12.8. The Morgan fingerprint density at radius 2 is 2.00 bits per heavy atom. The SMILES string of the molecule is CCC(CC)N(CCO)C(=O)c1n[nH]c(C(C)C)c1N. The summed E-state index contributed by atoms with van der Waals surface area (Å²) in [5, 5.41) is 16.1. The molecular weight excluding hydrogens is 256 g/mol. The number of carbonyl (C=O) groups is 1. The molecule has 1 amide bonds. The maximum Gasteiger partial charge on any atom is 0.276 e. The molecule has 0 atom stereocenters. The molecule has 0 saturated heterocycles. The van der Waals surface area contributed by atoms with Gasteiger partial charge in [0, 0.05) is 12.6 Å². The van der Waals surface area contributed by atoms with Crippen LogP contribution in [-0.2, 0) is 0 Å². The summed E-state index contributed by atoms with van der Waals surface area (Å²) in [5.74, 6) is -0.0307. The van der Waals surface area contributed by atoms with E-state index in [9.17, 15) is 9.90 Å². The van der Waals surface area contributed by atoms with Gasteiger partial charge in [0.05, 0.1) is 18.0 Å². The predicted molar refractivity (Wildman–Crippen MR) is 79.6 cm³/mol. The van der Waals surface area contributed by atoms with Gasteiger partial charge in [-0.05, 0) is 18.8 Å². The summed E-state index contributed by atoms with van der Waals surface area (Å²) in [4.78, 5) is 14.3. The molecule has 0 fully saturated rings. The monoisotopic (exact) mass is 282 g/mol. The first-order valence-corrected chi connectivity index (χ1v) is 7.23. The van der Waals surface area contributed by atoms with E-state index in [-0.39, 0.29) is 30.2 Å². The van der Waals surface area contributed by atoms with Crippen LogP contribution in [0.3, 0.4) is 0 Å². The van der Waals surface area contributed by atoms with Crippen molar-refractivity contribution >= 4 is 11.6 Å². The Balaban J connectivity index is 3.06. The zero-order valence-corrected chi connectivity index (χ0v) is 12.8. The number of anilines is 1. The number of hydrogen-bond acceptors (Lipinski definition) is 4. The number of aromatic nitrogens is 2. The van der Waals surface area contributed by atoms with Crippen molar-refractivity contribution in [3.8, 4) is 0 Å². The maximum absolute atomic E-state index is 12.6. The second kappa shape index (κ2) is 7.28. The highest BCUT2D eigenvalue weighted by Crippen LogP contribution is 2.24. The summed E-state index contributed by atoms with van der Waals surface area (Å²) >= 11 is 0. The van der Waals surface area contributed by atoms with Crippen LogP contribution in [0, 0.1) is 0 Å². The Morgan fingerprint density at radius 3 is 2.40 bits per heavy atom. The minimum atomic E-state index is -0.214. The van der Waals surface area contributed by atoms with Gasteiger partial charge >= 0.3 is 0 Å². The lowest BCUT2D eigenvalue weighted by Gasteiger charge is -2.29. The Labute approximate surface area is 120 Å². The van der Waals surface area contributed by atoms with Gasteiger partial charge in [-0.3, -0.25) is 9.89 Å². The van der Waals surface area contributed by atoms with Crippen molar-refractivity contribution in [2.75, 3.05) is 18.9 Å². The van der Waals surface area contributed by atoms with Crippen molar-refractivity contribution in [2.45, 2.75) is 52.5 Å². The second-order valence-electron chi connectivity index (χ2n) is 5.25. The Hall–Kier alpha value is -1.56. The summed E-state index contributed by atoms with van der Waals surface area (Å²) in [6.07, 6.45) is 1.67. The molecule has 0 saturated carbocycles. The molecule has 0 aliphatic rings. The molecule has 4 N–H and O–H groups in total. The fourth-order valence-corrected chi connectivity index (χ4v) is 2.39. The summed E-state index contributed by atoms with van der Waals surface area (Å²) in [6, 6.07) is 0.0910. The molecule has 114 valence electrons. The molecule has 1 heterocycles. The maximum atomic E-state index is 12.6. The molecular formula is C14H26N4O2. The number of H-pyrrole nitrogens is 1. The number of aliphatic hydroxyl groups excluding tert-OH is 1. The fourth-order valence-electron chi connectivity index (χ4n) is 2.39. The predicted octanol–water partition coefficient (Wildman–Crippen LogP) is 1.74. The van der Waals surface area contributed by atoms with Crippen LogP contribution in [0.2, 0.25) is 0 Å². The van der Waals surface area contributed by atoms with Crippen molar-refractivity contribution in [2.24, 2.45) is 0 Å². The highest BCUT2D eigenvalue weighted by atomic mass is 16.3. The summed E-state index contributed by atoms with van der Waals surface area (Å²) in [6.45, 7) is 8.27. The van der Waals surface area contributed by atoms with Crippen LogP contribution in [0.15, 0.2) is 0 Å². The molecule has 6 nitrogen and oxygen atoms in total. The van der Waals surface area contributed by atoms with Crippen LogP contribution in [0.4, 0.5) is 5.69 Å². The van der Waals surface area contributed by atoms with Crippen molar-refractivity contribution in [1.82, 2.24) is 15.1 Å². The van der Waals surface area contributed by atoms with E-state index in [0.29, 0.717) is 12.2 Å². The molecule has 0 unspecified atom stereocenters. The van der Waals surface area contributed by atoms with E-state index in [1.807, 2.05) is 27.7 Å². The Bertz CT molecular complexity index is 438. The van der Waals surface area contributed by atoms with Gasteiger partial charge in [-0.25, -0.2) is 0 Å². The van der Waals surface area contributed by atoms with Gasteiger partial charge in [-0.15, -0.1) is 0 Å². The number of nitrogens with zero attached hydrogens (tertiary/aromatic N) is 2. The van der Waals surface area contributed by atoms with Crippen molar-refractivity contribution in [3.63, 3.8) is 0 Å². The highest BCUT2D eigenvalue weighted by Gasteiger charge is 2.27. The number of hydrogen-bond donors (Lipinski definition) is 3. The third kappa shape index (κ3) is 3.30. The number of amides is 1. The molecule has 0 bridgehead atoms. The van der Waals surface area contributed by atoms with Crippen LogP contribution in [0.25, 0.3) is 0 Å². The van der Waals surface area contributed by atoms with Crippen LogP contribution >= 0.6 is 0 Å². The van der Waals surface area contributed by atoms with E-state index in [1.165, 1.54) is 0 Å². The zero-order chi connectivity index (χ0) is 15.3. The van der Waals surface area contributed by atoms with Crippen molar-refractivity contribution < 1.29 is 9.90 Å². The minimum Gasteiger partial charge on any atom is -0.395 e. The van der Waals surface area contributed by atoms with Gasteiger partial charge in [0.2, 0.25) is 0 Å². The molecule has 0 radical (unpaired) electrons. The quantitative estimate of drug-likeness (QED) is 0.710. The van der Waals surface area contributed by atoms with E-state index in [2.05, 4.69) is 10.2 Å². The van der Waals surface area contributed by atoms with E-state index in [0.717, 1.165) is 18.5 Å². The van der Waals surface area contributed by atoms with Gasteiger partial charge in [0.15, 0.2) is 5.69 Å². The molecule has 6 heteroatoms. The minimum absolute atomic E-state index is 0.0659. The van der Waals surface area contributed by atoms with E-state index in [1.54, 1.807) is 4.90 Å². The van der Waals surface area contributed by atoms with Crippen LogP contribution < -0.4 is 5.73 Å². The number of aromatic amines is 1. The second-order valence-corrected chi connectivity index (χ2v) is 5.25. The van der Waals surface area contributed by atoms with Gasteiger partial charge in [-0.2, -0.15) is 5.10 Å². The average molecular weight is 282 g/mol. The molecule has 0 spiro atoms. The average Bonchev–Trinajstić information content (AvgIpc) is 2.80. The van der Waals surface area contributed by atoms with Crippen molar-refractivity contribution in [1.29, 1.82) is 0 Å². The highest BCUT2D eigenvalue weighted by molar-refractivity contribution is 5.97. The first-order valence-electron chi connectivity index (χ1n) is 7.23. The standard InChI is InChI=1S/C14H26N4O2/c1-5-10(6-2)18(7-8-19)14(20)13-11(15)12(9(3)4)16-17-13/h9-10,19H,5-8,15H2,1-4H3,(H,16,17). The first kappa shape index (κ1) is 16.5. The lowest BCUT2D eigenvalue weighted by molar-refractivity contribution is 0.0617. The van der Waals surface area contributed by atoms with Gasteiger partial charge in [-0.1, -0.05) is 27.7 Å². The van der Waals surface area contributed by atoms with E-state index < -0.39 is 0 Å².